The first-order chi connectivity index (χ1) is 8.95. The molecular weight excluding hydrogens is 354 g/mol. The Kier molecular flexibility index (Phi) is 4.85. The van der Waals surface area contributed by atoms with Crippen LogP contribution in [-0.2, 0) is 6.42 Å². The fourth-order valence-electron chi connectivity index (χ4n) is 1.79. The van der Waals surface area contributed by atoms with E-state index in [1.807, 2.05) is 0 Å². The molecule has 1 N–H and O–H groups in total. The van der Waals surface area contributed by atoms with Gasteiger partial charge in [0.1, 0.15) is 5.82 Å². The quantitative estimate of drug-likeness (QED) is 0.797. The zero-order valence-corrected chi connectivity index (χ0v) is 12.8. The lowest BCUT2D eigenvalue weighted by molar-refractivity contribution is 0.178. The number of aliphatic hydroxyl groups excluding tert-OH is 1. The summed E-state index contributed by atoms with van der Waals surface area (Å²) < 4.78 is 13.9. The van der Waals surface area contributed by atoms with Gasteiger partial charge in [0, 0.05) is 20.9 Å². The second kappa shape index (κ2) is 6.23. The predicted octanol–water partition coefficient (Wildman–Crippen LogP) is 5.17. The van der Waals surface area contributed by atoms with E-state index in [9.17, 15) is 9.50 Å². The minimum atomic E-state index is -0.797. The Morgan fingerprint density at radius 3 is 2.37 bits per heavy atom. The van der Waals surface area contributed by atoms with Crippen molar-refractivity contribution in [3.63, 3.8) is 0 Å². The summed E-state index contributed by atoms with van der Waals surface area (Å²) in [5.74, 6) is -0.338. The Hall–Kier alpha value is -0.610. The van der Waals surface area contributed by atoms with E-state index in [0.29, 0.717) is 21.2 Å². The molecule has 0 saturated heterocycles. The Labute approximate surface area is 129 Å². The first kappa shape index (κ1) is 14.8. The van der Waals surface area contributed by atoms with Gasteiger partial charge in [-0.15, -0.1) is 0 Å². The monoisotopic (exact) mass is 362 g/mol. The summed E-state index contributed by atoms with van der Waals surface area (Å²) in [6.45, 7) is 0. The lowest BCUT2D eigenvalue weighted by Gasteiger charge is -2.13. The van der Waals surface area contributed by atoms with Crippen molar-refractivity contribution < 1.29 is 9.50 Å². The average Bonchev–Trinajstić information content (AvgIpc) is 2.32. The molecule has 0 spiro atoms. The van der Waals surface area contributed by atoms with Crippen molar-refractivity contribution in [1.29, 1.82) is 0 Å². The smallest absolute Gasteiger partial charge is 0.123 e. The zero-order chi connectivity index (χ0) is 14.0. The van der Waals surface area contributed by atoms with E-state index in [-0.39, 0.29) is 12.2 Å². The lowest BCUT2D eigenvalue weighted by Crippen LogP contribution is -2.03. The van der Waals surface area contributed by atoms with Gasteiger partial charge in [0.2, 0.25) is 0 Å². The summed E-state index contributed by atoms with van der Waals surface area (Å²) in [5.41, 5.74) is 1.29. The van der Waals surface area contributed by atoms with Gasteiger partial charge in [-0.2, -0.15) is 0 Å². The molecule has 0 aromatic heterocycles. The number of rotatable bonds is 3. The maximum Gasteiger partial charge on any atom is 0.123 e. The van der Waals surface area contributed by atoms with Gasteiger partial charge in [-0.05, 0) is 47.5 Å². The summed E-state index contributed by atoms with van der Waals surface area (Å²) in [6, 6.07) is 9.24. The second-order valence-corrected chi connectivity index (χ2v) is 5.89. The number of aliphatic hydroxyl groups is 1. The van der Waals surface area contributed by atoms with Crippen molar-refractivity contribution in [2.24, 2.45) is 0 Å². The van der Waals surface area contributed by atoms with Gasteiger partial charge in [-0.25, -0.2) is 4.39 Å². The normalized spacial score (nSPS) is 12.5. The fourth-order valence-corrected chi connectivity index (χ4v) is 2.74. The minimum Gasteiger partial charge on any atom is -0.388 e. The van der Waals surface area contributed by atoms with Crippen molar-refractivity contribution >= 4 is 39.1 Å². The molecule has 0 saturated carbocycles. The molecule has 19 heavy (non-hydrogen) atoms. The molecule has 100 valence electrons. The van der Waals surface area contributed by atoms with Gasteiger partial charge in [0.25, 0.3) is 0 Å². The topological polar surface area (TPSA) is 20.2 Å². The molecule has 0 fully saturated rings. The van der Waals surface area contributed by atoms with E-state index in [1.165, 1.54) is 12.1 Å². The maximum absolute atomic E-state index is 13.2. The molecule has 0 bridgehead atoms. The van der Waals surface area contributed by atoms with E-state index in [0.717, 1.165) is 4.47 Å². The molecule has 0 aliphatic rings. The van der Waals surface area contributed by atoms with Crippen LogP contribution in [0.4, 0.5) is 4.39 Å². The summed E-state index contributed by atoms with van der Waals surface area (Å²) in [6.07, 6.45) is -0.524. The van der Waals surface area contributed by atoms with Crippen molar-refractivity contribution in [2.75, 3.05) is 0 Å². The van der Waals surface area contributed by atoms with Crippen molar-refractivity contribution in [3.8, 4) is 0 Å². The van der Waals surface area contributed by atoms with Crippen LogP contribution in [-0.4, -0.2) is 5.11 Å². The highest BCUT2D eigenvalue weighted by molar-refractivity contribution is 9.10. The molecule has 0 amide bonds. The number of hydrogen-bond donors (Lipinski definition) is 1. The summed E-state index contributed by atoms with van der Waals surface area (Å²) in [5, 5.41) is 11.1. The van der Waals surface area contributed by atoms with Crippen molar-refractivity contribution in [3.05, 3.63) is 67.9 Å². The number of hydrogen-bond acceptors (Lipinski definition) is 1. The molecule has 0 aliphatic carbocycles. The average molecular weight is 364 g/mol. The zero-order valence-electron chi connectivity index (χ0n) is 9.71. The van der Waals surface area contributed by atoms with Crippen LogP contribution in [0.1, 0.15) is 17.2 Å². The van der Waals surface area contributed by atoms with Gasteiger partial charge in [-0.3, -0.25) is 0 Å². The van der Waals surface area contributed by atoms with Gasteiger partial charge < -0.3 is 5.11 Å². The first-order valence-electron chi connectivity index (χ1n) is 5.53. The molecule has 2 aromatic carbocycles. The van der Waals surface area contributed by atoms with Crippen molar-refractivity contribution in [1.82, 2.24) is 0 Å². The van der Waals surface area contributed by atoms with E-state index in [4.69, 9.17) is 23.2 Å². The molecule has 0 radical (unpaired) electrons. The van der Waals surface area contributed by atoms with Gasteiger partial charge in [0.05, 0.1) is 6.10 Å². The van der Waals surface area contributed by atoms with Crippen LogP contribution in [0.25, 0.3) is 0 Å². The van der Waals surface area contributed by atoms with Crippen LogP contribution in [0, 0.1) is 5.82 Å². The third-order valence-corrected chi connectivity index (χ3v) is 3.90. The van der Waals surface area contributed by atoms with Crippen LogP contribution in [0.15, 0.2) is 40.9 Å². The standard InChI is InChI=1S/C14H10BrCl2FO/c15-13-2-1-12(18)5-8(13)6-14(19)9-3-10(16)7-11(17)4-9/h1-5,7,14,19H,6H2. The molecule has 0 aliphatic heterocycles. The van der Waals surface area contributed by atoms with Crippen LogP contribution >= 0.6 is 39.1 Å². The van der Waals surface area contributed by atoms with Gasteiger partial charge in [0.15, 0.2) is 0 Å². The van der Waals surface area contributed by atoms with Crippen LogP contribution in [0.3, 0.4) is 0 Å². The number of benzene rings is 2. The highest BCUT2D eigenvalue weighted by Gasteiger charge is 2.13. The predicted molar refractivity (Wildman–Crippen MR) is 79.2 cm³/mol. The Bertz CT molecular complexity index is 584. The van der Waals surface area contributed by atoms with Crippen molar-refractivity contribution in [2.45, 2.75) is 12.5 Å². The Morgan fingerprint density at radius 2 is 1.74 bits per heavy atom. The van der Waals surface area contributed by atoms with E-state index >= 15 is 0 Å². The largest absolute Gasteiger partial charge is 0.388 e. The van der Waals surface area contributed by atoms with Gasteiger partial charge >= 0.3 is 0 Å². The highest BCUT2D eigenvalue weighted by Crippen LogP contribution is 2.28. The van der Waals surface area contributed by atoms with Crippen LogP contribution in [0.5, 0.6) is 0 Å². The maximum atomic E-state index is 13.2. The molecule has 1 atom stereocenters. The third kappa shape index (κ3) is 3.93. The van der Waals surface area contributed by atoms with E-state index in [1.54, 1.807) is 24.3 Å². The molecule has 2 aromatic rings. The summed E-state index contributed by atoms with van der Waals surface area (Å²) >= 11 is 15.1. The highest BCUT2D eigenvalue weighted by atomic mass is 79.9. The minimum absolute atomic E-state index is 0.273. The van der Waals surface area contributed by atoms with Gasteiger partial charge in [-0.1, -0.05) is 39.1 Å². The van der Waals surface area contributed by atoms with Crippen LogP contribution < -0.4 is 0 Å². The molecule has 2 rings (SSSR count). The Morgan fingerprint density at radius 1 is 1.11 bits per heavy atom. The molecular formula is C14H10BrCl2FO. The lowest BCUT2D eigenvalue weighted by atomic mass is 10.0. The Balaban J connectivity index is 2.25. The van der Waals surface area contributed by atoms with Crippen LogP contribution in [0.2, 0.25) is 10.0 Å². The summed E-state index contributed by atoms with van der Waals surface area (Å²) in [7, 11) is 0. The second-order valence-electron chi connectivity index (χ2n) is 4.16. The molecule has 0 heterocycles. The summed E-state index contributed by atoms with van der Waals surface area (Å²) in [4.78, 5) is 0. The molecule has 5 heteroatoms. The molecule has 1 unspecified atom stereocenters. The number of halogens is 4. The third-order valence-electron chi connectivity index (χ3n) is 2.69. The molecule has 1 nitrogen and oxygen atoms in total. The first-order valence-corrected chi connectivity index (χ1v) is 7.08. The van der Waals surface area contributed by atoms with E-state index in [2.05, 4.69) is 15.9 Å². The van der Waals surface area contributed by atoms with E-state index < -0.39 is 6.10 Å². The SMILES string of the molecule is OC(Cc1cc(F)ccc1Br)c1cc(Cl)cc(Cl)c1. The fraction of sp³-hybridized carbons (Fsp3) is 0.143.